The molecular formula is C11H15NO2. The van der Waals surface area contributed by atoms with Gasteiger partial charge in [-0.2, -0.15) is 0 Å². The van der Waals surface area contributed by atoms with Crippen LogP contribution in [-0.2, 0) is 11.2 Å². The van der Waals surface area contributed by atoms with Gasteiger partial charge in [-0.1, -0.05) is 24.3 Å². The van der Waals surface area contributed by atoms with Gasteiger partial charge in [0.2, 0.25) is 0 Å². The first-order chi connectivity index (χ1) is 6.83. The highest BCUT2D eigenvalue weighted by molar-refractivity contribution is 5.36. The zero-order valence-corrected chi connectivity index (χ0v) is 8.02. The van der Waals surface area contributed by atoms with E-state index in [2.05, 4.69) is 6.07 Å². The average molecular weight is 193 g/mol. The molecule has 1 aliphatic rings. The zero-order valence-electron chi connectivity index (χ0n) is 8.02. The number of fused-ring (bicyclic) bond motifs is 1. The second-order valence-electron chi connectivity index (χ2n) is 3.56. The molecule has 0 aliphatic heterocycles. The van der Waals surface area contributed by atoms with Crippen molar-refractivity contribution in [3.63, 3.8) is 0 Å². The second kappa shape index (κ2) is 4.09. The SMILES string of the molecule is N[C@@H]1c2ccccc2C[C@H]1OCCO. The number of hydrogen-bond donors (Lipinski definition) is 2. The molecule has 3 heteroatoms. The van der Waals surface area contributed by atoms with E-state index < -0.39 is 0 Å². The first kappa shape index (κ1) is 9.65. The average Bonchev–Trinajstić information content (AvgIpc) is 2.54. The van der Waals surface area contributed by atoms with Crippen molar-refractivity contribution < 1.29 is 9.84 Å². The van der Waals surface area contributed by atoms with Crippen molar-refractivity contribution in [3.05, 3.63) is 35.4 Å². The van der Waals surface area contributed by atoms with E-state index >= 15 is 0 Å². The first-order valence-electron chi connectivity index (χ1n) is 4.89. The highest BCUT2D eigenvalue weighted by atomic mass is 16.5. The minimum Gasteiger partial charge on any atom is -0.394 e. The maximum Gasteiger partial charge on any atom is 0.0809 e. The molecule has 0 spiro atoms. The predicted molar refractivity (Wildman–Crippen MR) is 53.9 cm³/mol. The Kier molecular flexibility index (Phi) is 2.82. The van der Waals surface area contributed by atoms with Crippen LogP contribution in [-0.4, -0.2) is 24.4 Å². The van der Waals surface area contributed by atoms with E-state index in [1.54, 1.807) is 0 Å². The van der Waals surface area contributed by atoms with Gasteiger partial charge in [0.15, 0.2) is 0 Å². The van der Waals surface area contributed by atoms with Crippen LogP contribution in [0.3, 0.4) is 0 Å². The molecule has 0 heterocycles. The van der Waals surface area contributed by atoms with Gasteiger partial charge in [0, 0.05) is 6.42 Å². The van der Waals surface area contributed by atoms with Crippen molar-refractivity contribution in [1.82, 2.24) is 0 Å². The maximum atomic E-state index is 8.66. The van der Waals surface area contributed by atoms with Crippen molar-refractivity contribution in [3.8, 4) is 0 Å². The van der Waals surface area contributed by atoms with Crippen LogP contribution in [0.1, 0.15) is 17.2 Å². The molecule has 2 rings (SSSR count). The monoisotopic (exact) mass is 193 g/mol. The molecule has 0 radical (unpaired) electrons. The van der Waals surface area contributed by atoms with E-state index in [4.69, 9.17) is 15.6 Å². The Morgan fingerprint density at radius 1 is 1.43 bits per heavy atom. The zero-order chi connectivity index (χ0) is 9.97. The summed E-state index contributed by atoms with van der Waals surface area (Å²) in [4.78, 5) is 0. The molecule has 2 atom stereocenters. The van der Waals surface area contributed by atoms with Gasteiger partial charge < -0.3 is 15.6 Å². The lowest BCUT2D eigenvalue weighted by atomic mass is 10.1. The number of nitrogens with two attached hydrogens (primary N) is 1. The lowest BCUT2D eigenvalue weighted by Crippen LogP contribution is -2.26. The predicted octanol–water partition coefficient (Wildman–Crippen LogP) is 0.620. The van der Waals surface area contributed by atoms with Crippen LogP contribution in [0.15, 0.2) is 24.3 Å². The van der Waals surface area contributed by atoms with E-state index in [1.807, 2.05) is 18.2 Å². The molecule has 0 unspecified atom stereocenters. The Morgan fingerprint density at radius 3 is 2.93 bits per heavy atom. The van der Waals surface area contributed by atoms with Gasteiger partial charge in [-0.25, -0.2) is 0 Å². The molecule has 1 aliphatic carbocycles. The molecule has 0 saturated carbocycles. The van der Waals surface area contributed by atoms with Crippen LogP contribution in [0, 0.1) is 0 Å². The lowest BCUT2D eigenvalue weighted by Gasteiger charge is -2.15. The fraction of sp³-hybridized carbons (Fsp3) is 0.455. The minimum absolute atomic E-state index is 0.0274. The van der Waals surface area contributed by atoms with E-state index in [-0.39, 0.29) is 18.8 Å². The van der Waals surface area contributed by atoms with Crippen molar-refractivity contribution in [2.24, 2.45) is 5.73 Å². The van der Waals surface area contributed by atoms with Crippen LogP contribution in [0.2, 0.25) is 0 Å². The largest absolute Gasteiger partial charge is 0.394 e. The van der Waals surface area contributed by atoms with Crippen molar-refractivity contribution in [1.29, 1.82) is 0 Å². The fourth-order valence-corrected chi connectivity index (χ4v) is 1.96. The van der Waals surface area contributed by atoms with Gasteiger partial charge in [-0.15, -0.1) is 0 Å². The van der Waals surface area contributed by atoms with Crippen LogP contribution in [0.4, 0.5) is 0 Å². The van der Waals surface area contributed by atoms with Gasteiger partial charge in [-0.05, 0) is 11.1 Å². The third-order valence-electron chi connectivity index (χ3n) is 2.66. The topological polar surface area (TPSA) is 55.5 Å². The Bertz CT molecular complexity index is 314. The highest BCUT2D eigenvalue weighted by Crippen LogP contribution is 2.30. The van der Waals surface area contributed by atoms with Crippen LogP contribution >= 0.6 is 0 Å². The number of aliphatic hydroxyl groups excluding tert-OH is 1. The summed E-state index contributed by atoms with van der Waals surface area (Å²) in [5.41, 5.74) is 8.47. The van der Waals surface area contributed by atoms with Gasteiger partial charge in [0.25, 0.3) is 0 Å². The molecular weight excluding hydrogens is 178 g/mol. The third-order valence-corrected chi connectivity index (χ3v) is 2.66. The number of ether oxygens (including phenoxy) is 1. The number of benzene rings is 1. The summed E-state index contributed by atoms with van der Waals surface area (Å²) in [6, 6.07) is 8.09. The number of rotatable bonds is 3. The van der Waals surface area contributed by atoms with Crippen LogP contribution < -0.4 is 5.73 Å². The molecule has 1 aromatic rings. The number of hydrogen-bond acceptors (Lipinski definition) is 3. The molecule has 3 N–H and O–H groups in total. The normalized spacial score (nSPS) is 25.0. The summed E-state index contributed by atoms with van der Waals surface area (Å²) in [6.45, 7) is 0.423. The lowest BCUT2D eigenvalue weighted by molar-refractivity contribution is 0.0211. The third kappa shape index (κ3) is 1.66. The first-order valence-corrected chi connectivity index (χ1v) is 4.89. The minimum atomic E-state index is -0.0437. The summed E-state index contributed by atoms with van der Waals surface area (Å²) < 4.78 is 5.47. The Morgan fingerprint density at radius 2 is 2.21 bits per heavy atom. The summed E-state index contributed by atoms with van der Waals surface area (Å²) >= 11 is 0. The molecule has 1 aromatic carbocycles. The molecule has 3 nitrogen and oxygen atoms in total. The molecule has 14 heavy (non-hydrogen) atoms. The summed E-state index contributed by atoms with van der Waals surface area (Å²) in [5, 5.41) is 8.66. The van der Waals surface area contributed by atoms with Crippen molar-refractivity contribution in [2.75, 3.05) is 13.2 Å². The second-order valence-corrected chi connectivity index (χ2v) is 3.56. The van der Waals surface area contributed by atoms with E-state index in [0.29, 0.717) is 6.61 Å². The standard InChI is InChI=1S/C11H15NO2/c12-11-9-4-2-1-3-8(9)7-10(11)14-6-5-13/h1-4,10-11,13H,5-7,12H2/t10-,11-/m1/s1. The van der Waals surface area contributed by atoms with Crippen LogP contribution in [0.5, 0.6) is 0 Å². The van der Waals surface area contributed by atoms with E-state index in [9.17, 15) is 0 Å². The summed E-state index contributed by atoms with van der Waals surface area (Å²) in [7, 11) is 0. The van der Waals surface area contributed by atoms with Gasteiger partial charge in [-0.3, -0.25) is 0 Å². The summed E-state index contributed by atoms with van der Waals surface area (Å²) in [6.07, 6.45) is 0.886. The summed E-state index contributed by atoms with van der Waals surface area (Å²) in [5.74, 6) is 0. The fourth-order valence-electron chi connectivity index (χ4n) is 1.96. The smallest absolute Gasteiger partial charge is 0.0809 e. The molecule has 0 amide bonds. The Balaban J connectivity index is 2.09. The molecule has 0 bridgehead atoms. The van der Waals surface area contributed by atoms with E-state index in [0.717, 1.165) is 6.42 Å². The van der Waals surface area contributed by atoms with Crippen molar-refractivity contribution in [2.45, 2.75) is 18.6 Å². The van der Waals surface area contributed by atoms with E-state index in [1.165, 1.54) is 11.1 Å². The van der Waals surface area contributed by atoms with Crippen LogP contribution in [0.25, 0.3) is 0 Å². The maximum absolute atomic E-state index is 8.66. The van der Waals surface area contributed by atoms with Gasteiger partial charge >= 0.3 is 0 Å². The van der Waals surface area contributed by atoms with Gasteiger partial charge in [0.1, 0.15) is 0 Å². The Labute approximate surface area is 83.5 Å². The molecule has 0 aromatic heterocycles. The highest BCUT2D eigenvalue weighted by Gasteiger charge is 2.29. The Hall–Kier alpha value is -0.900. The number of aliphatic hydroxyl groups is 1. The molecule has 0 saturated heterocycles. The van der Waals surface area contributed by atoms with Crippen molar-refractivity contribution >= 4 is 0 Å². The quantitative estimate of drug-likeness (QED) is 0.740. The van der Waals surface area contributed by atoms with Gasteiger partial charge in [0.05, 0.1) is 25.4 Å². The molecule has 0 fully saturated rings. The molecule has 76 valence electrons.